The fraction of sp³-hybridized carbons (Fsp3) is 0.429. The van der Waals surface area contributed by atoms with E-state index in [-0.39, 0.29) is 12.0 Å². The molecule has 3 N–H and O–H groups in total. The van der Waals surface area contributed by atoms with E-state index in [0.717, 1.165) is 6.42 Å². The lowest BCUT2D eigenvalue weighted by atomic mass is 9.67. The second-order valence-corrected chi connectivity index (χ2v) is 7.48. The van der Waals surface area contributed by atoms with Crippen molar-refractivity contribution in [3.63, 3.8) is 0 Å². The predicted molar refractivity (Wildman–Crippen MR) is 93.9 cm³/mol. The molecule has 1 aliphatic rings. The van der Waals surface area contributed by atoms with Gasteiger partial charge in [-0.2, -0.15) is 0 Å². The zero-order valence-corrected chi connectivity index (χ0v) is 14.3. The molecule has 0 aromatic heterocycles. The van der Waals surface area contributed by atoms with Gasteiger partial charge in [0.25, 0.3) is 0 Å². The molecule has 2 aromatic carbocycles. The van der Waals surface area contributed by atoms with Crippen molar-refractivity contribution in [3.8, 4) is 0 Å². The summed E-state index contributed by atoms with van der Waals surface area (Å²) in [6.07, 6.45) is 0.795. The van der Waals surface area contributed by atoms with Gasteiger partial charge in [-0.1, -0.05) is 74.5 Å². The summed E-state index contributed by atoms with van der Waals surface area (Å²) in [5.41, 5.74) is 1.95. The van der Waals surface area contributed by atoms with Crippen LogP contribution in [-0.2, 0) is 0 Å². The minimum Gasteiger partial charge on any atom is -0.389 e. The van der Waals surface area contributed by atoms with E-state index in [2.05, 4.69) is 79.8 Å². The molecular formula is C21H28NO+. The first-order valence-electron chi connectivity index (χ1n) is 8.66. The van der Waals surface area contributed by atoms with Crippen LogP contribution in [0.1, 0.15) is 50.4 Å². The van der Waals surface area contributed by atoms with E-state index < -0.39 is 5.60 Å². The topological polar surface area (TPSA) is 36.8 Å². The van der Waals surface area contributed by atoms with E-state index in [1.54, 1.807) is 0 Å². The summed E-state index contributed by atoms with van der Waals surface area (Å²) < 4.78 is 0. The Hall–Kier alpha value is -1.64. The molecular weight excluding hydrogens is 282 g/mol. The van der Waals surface area contributed by atoms with Crippen LogP contribution in [0.15, 0.2) is 60.7 Å². The lowest BCUT2D eigenvalue weighted by molar-refractivity contribution is -0.758. The Labute approximate surface area is 139 Å². The number of aliphatic hydroxyl groups is 1. The maximum absolute atomic E-state index is 11.2. The zero-order valence-electron chi connectivity index (χ0n) is 14.3. The van der Waals surface area contributed by atoms with Gasteiger partial charge in [0, 0.05) is 23.5 Å². The van der Waals surface area contributed by atoms with E-state index in [1.165, 1.54) is 11.1 Å². The van der Waals surface area contributed by atoms with Crippen molar-refractivity contribution in [2.24, 2.45) is 11.8 Å². The van der Waals surface area contributed by atoms with Gasteiger partial charge in [-0.05, 0) is 12.8 Å². The van der Waals surface area contributed by atoms with Gasteiger partial charge in [0.05, 0.1) is 5.60 Å². The van der Waals surface area contributed by atoms with E-state index in [1.807, 2.05) is 6.92 Å². The second-order valence-electron chi connectivity index (χ2n) is 7.48. The quantitative estimate of drug-likeness (QED) is 0.895. The Morgan fingerprint density at radius 3 is 2.00 bits per heavy atom. The smallest absolute Gasteiger partial charge is 0.118 e. The van der Waals surface area contributed by atoms with Gasteiger partial charge in [0.2, 0.25) is 0 Å². The van der Waals surface area contributed by atoms with Crippen LogP contribution in [0.3, 0.4) is 0 Å². The molecule has 0 saturated carbocycles. The molecule has 2 heteroatoms. The number of benzene rings is 2. The maximum Gasteiger partial charge on any atom is 0.118 e. The summed E-state index contributed by atoms with van der Waals surface area (Å²) in [5, 5.41) is 13.7. The fourth-order valence-corrected chi connectivity index (χ4v) is 4.46. The lowest BCUT2D eigenvalue weighted by Gasteiger charge is -2.46. The van der Waals surface area contributed by atoms with E-state index in [0.29, 0.717) is 12.0 Å². The van der Waals surface area contributed by atoms with Crippen molar-refractivity contribution in [2.45, 2.75) is 44.9 Å². The molecule has 2 aromatic rings. The summed E-state index contributed by atoms with van der Waals surface area (Å²) in [6, 6.07) is 21.8. The van der Waals surface area contributed by atoms with Crippen molar-refractivity contribution >= 4 is 0 Å². The number of rotatable bonds is 3. The average Bonchev–Trinajstić information content (AvgIpc) is 2.54. The Bertz CT molecular complexity index is 621. The van der Waals surface area contributed by atoms with Crippen LogP contribution >= 0.6 is 0 Å². The predicted octanol–water partition coefficient (Wildman–Crippen LogP) is 3.46. The first-order chi connectivity index (χ1) is 11.0. The summed E-state index contributed by atoms with van der Waals surface area (Å²) in [5.74, 6) is 0.674. The highest BCUT2D eigenvalue weighted by molar-refractivity contribution is 5.22. The number of nitrogens with two attached hydrogens (primary N) is 1. The van der Waals surface area contributed by atoms with Gasteiger partial charge in [-0.15, -0.1) is 0 Å². The highest BCUT2D eigenvalue weighted by atomic mass is 16.3. The third-order valence-corrected chi connectivity index (χ3v) is 5.31. The van der Waals surface area contributed by atoms with Gasteiger partial charge >= 0.3 is 0 Å². The molecule has 4 unspecified atom stereocenters. The minimum absolute atomic E-state index is 0.241. The van der Waals surface area contributed by atoms with Crippen LogP contribution < -0.4 is 5.32 Å². The molecule has 3 rings (SSSR count). The lowest BCUT2D eigenvalue weighted by Crippen LogP contribution is -2.91. The summed E-state index contributed by atoms with van der Waals surface area (Å²) in [4.78, 5) is 0. The molecule has 0 spiro atoms. The summed E-state index contributed by atoms with van der Waals surface area (Å²) in [6.45, 7) is 6.48. The van der Waals surface area contributed by atoms with Gasteiger partial charge in [-0.3, -0.25) is 0 Å². The van der Waals surface area contributed by atoms with Crippen LogP contribution in [0.4, 0.5) is 0 Å². The maximum atomic E-state index is 11.2. The Kier molecular flexibility index (Phi) is 4.56. The normalized spacial score (nSPS) is 31.3. The van der Waals surface area contributed by atoms with E-state index in [9.17, 15) is 5.11 Å². The standard InChI is InChI=1S/C21H27NO/c1-15(2)19-20(17-12-8-5-9-13-17)22-18(14-21(19,3)23)16-10-6-4-7-11-16/h4-13,15,18-20,22-23H,14H2,1-3H3/p+1. The summed E-state index contributed by atoms with van der Waals surface area (Å²) >= 11 is 0. The van der Waals surface area contributed by atoms with Crippen molar-refractivity contribution < 1.29 is 10.4 Å². The molecule has 23 heavy (non-hydrogen) atoms. The minimum atomic E-state index is -0.663. The SMILES string of the molecule is CC(C)C1C(c2ccccc2)[NH2+]C(c2ccccc2)CC1(C)O. The first kappa shape index (κ1) is 16.2. The number of quaternary nitrogens is 1. The number of hydrogen-bond donors (Lipinski definition) is 2. The molecule has 1 fully saturated rings. The van der Waals surface area contributed by atoms with Crippen LogP contribution in [0, 0.1) is 11.8 Å². The Morgan fingerprint density at radius 1 is 0.957 bits per heavy atom. The zero-order chi connectivity index (χ0) is 16.4. The van der Waals surface area contributed by atoms with Gasteiger partial charge in [0.1, 0.15) is 12.1 Å². The largest absolute Gasteiger partial charge is 0.389 e. The number of piperidine rings is 1. The second kappa shape index (κ2) is 6.46. The van der Waals surface area contributed by atoms with Gasteiger partial charge < -0.3 is 10.4 Å². The molecule has 4 atom stereocenters. The molecule has 1 aliphatic heterocycles. The van der Waals surface area contributed by atoms with Gasteiger partial charge in [0.15, 0.2) is 0 Å². The van der Waals surface area contributed by atoms with Crippen LogP contribution in [-0.4, -0.2) is 10.7 Å². The Morgan fingerprint density at radius 2 is 1.48 bits per heavy atom. The van der Waals surface area contributed by atoms with Crippen LogP contribution in [0.25, 0.3) is 0 Å². The third kappa shape index (κ3) is 3.34. The number of hydrogen-bond acceptors (Lipinski definition) is 1. The van der Waals surface area contributed by atoms with E-state index in [4.69, 9.17) is 0 Å². The molecule has 0 bridgehead atoms. The third-order valence-electron chi connectivity index (χ3n) is 5.31. The summed E-state index contributed by atoms with van der Waals surface area (Å²) in [7, 11) is 0. The average molecular weight is 310 g/mol. The molecule has 0 radical (unpaired) electrons. The molecule has 1 heterocycles. The first-order valence-corrected chi connectivity index (χ1v) is 8.66. The monoisotopic (exact) mass is 310 g/mol. The van der Waals surface area contributed by atoms with Crippen molar-refractivity contribution in [2.75, 3.05) is 0 Å². The van der Waals surface area contributed by atoms with Gasteiger partial charge in [-0.25, -0.2) is 0 Å². The molecule has 0 aliphatic carbocycles. The molecule has 1 saturated heterocycles. The molecule has 0 amide bonds. The van der Waals surface area contributed by atoms with Crippen molar-refractivity contribution in [3.05, 3.63) is 71.8 Å². The van der Waals surface area contributed by atoms with Crippen molar-refractivity contribution in [1.82, 2.24) is 0 Å². The molecule has 122 valence electrons. The fourth-order valence-electron chi connectivity index (χ4n) is 4.46. The highest BCUT2D eigenvalue weighted by Crippen LogP contribution is 2.42. The van der Waals surface area contributed by atoms with Crippen LogP contribution in [0.2, 0.25) is 0 Å². The van der Waals surface area contributed by atoms with Crippen LogP contribution in [0.5, 0.6) is 0 Å². The molecule has 2 nitrogen and oxygen atoms in total. The van der Waals surface area contributed by atoms with E-state index >= 15 is 0 Å². The Balaban J connectivity index is 1.99. The van der Waals surface area contributed by atoms with Crippen molar-refractivity contribution in [1.29, 1.82) is 0 Å². The highest BCUT2D eigenvalue weighted by Gasteiger charge is 2.49.